The van der Waals surface area contributed by atoms with Crippen molar-refractivity contribution in [3.63, 3.8) is 0 Å². The fraction of sp³-hybridized carbons (Fsp3) is 0.350. The van der Waals surface area contributed by atoms with Gasteiger partial charge in [0.15, 0.2) is 23.5 Å². The quantitative estimate of drug-likeness (QED) is 0.717. The van der Waals surface area contributed by atoms with Crippen molar-refractivity contribution in [1.29, 1.82) is 0 Å². The van der Waals surface area contributed by atoms with Gasteiger partial charge in [0.25, 0.3) is 0 Å². The van der Waals surface area contributed by atoms with Crippen LogP contribution in [0.15, 0.2) is 35.1 Å². The molecule has 0 saturated heterocycles. The largest absolute Gasteiger partial charge is 0.493 e. The van der Waals surface area contributed by atoms with Crippen LogP contribution in [0.3, 0.4) is 0 Å². The van der Waals surface area contributed by atoms with Gasteiger partial charge in [-0.3, -0.25) is 4.90 Å². The van der Waals surface area contributed by atoms with Crippen molar-refractivity contribution in [3.8, 4) is 11.5 Å². The lowest BCUT2D eigenvalue weighted by atomic mass is 9.83. The summed E-state index contributed by atoms with van der Waals surface area (Å²) >= 11 is 0. The molecule has 5 nitrogen and oxygen atoms in total. The van der Waals surface area contributed by atoms with Crippen LogP contribution in [0.25, 0.3) is 11.1 Å². The monoisotopic (exact) mass is 336 g/mol. The van der Waals surface area contributed by atoms with E-state index < -0.39 is 0 Å². The highest BCUT2D eigenvalue weighted by Gasteiger charge is 2.35. The van der Waals surface area contributed by atoms with Crippen molar-refractivity contribution in [3.05, 3.63) is 52.9 Å². The second-order valence-electron chi connectivity index (χ2n) is 6.72. The third-order valence-corrected chi connectivity index (χ3v) is 5.59. The summed E-state index contributed by atoms with van der Waals surface area (Å²) < 4.78 is 16.7. The van der Waals surface area contributed by atoms with Crippen LogP contribution in [0.2, 0.25) is 0 Å². The maximum atomic E-state index is 5.66. The second kappa shape index (κ2) is 5.49. The lowest BCUT2D eigenvalue weighted by Crippen LogP contribution is -2.39. The number of hydrogen-bond acceptors (Lipinski definition) is 5. The number of nitrogens with zero attached hydrogens (tertiary/aromatic N) is 2. The first kappa shape index (κ1) is 14.8. The Morgan fingerprint density at radius 3 is 2.84 bits per heavy atom. The number of aromatic nitrogens is 1. The molecule has 0 fully saturated rings. The topological polar surface area (TPSA) is 47.7 Å². The zero-order valence-corrected chi connectivity index (χ0v) is 14.4. The molecule has 0 radical (unpaired) electrons. The molecule has 0 amide bonds. The zero-order chi connectivity index (χ0) is 17.0. The van der Waals surface area contributed by atoms with E-state index in [1.807, 2.05) is 12.1 Å². The van der Waals surface area contributed by atoms with Gasteiger partial charge in [-0.05, 0) is 36.1 Å². The lowest BCUT2D eigenvalue weighted by Gasteiger charge is -2.41. The molecular weight excluding hydrogens is 316 g/mol. The van der Waals surface area contributed by atoms with Gasteiger partial charge in [-0.2, -0.15) is 0 Å². The highest BCUT2D eigenvalue weighted by molar-refractivity contribution is 5.79. The Hall–Kier alpha value is -2.53. The Morgan fingerprint density at radius 1 is 1.12 bits per heavy atom. The molecule has 2 aliphatic rings. The average molecular weight is 336 g/mol. The Balaban J connectivity index is 1.65. The van der Waals surface area contributed by atoms with Gasteiger partial charge in [-0.1, -0.05) is 12.1 Å². The molecule has 5 rings (SSSR count). The minimum Gasteiger partial charge on any atom is -0.493 e. The predicted molar refractivity (Wildman–Crippen MR) is 94.1 cm³/mol. The smallest absolute Gasteiger partial charge is 0.181 e. The van der Waals surface area contributed by atoms with E-state index in [2.05, 4.69) is 22.0 Å². The number of fused-ring (bicyclic) bond motifs is 6. The Labute approximate surface area is 146 Å². The number of rotatable bonds is 2. The number of methoxy groups -OCH3 is 2. The van der Waals surface area contributed by atoms with Crippen molar-refractivity contribution in [2.24, 2.45) is 0 Å². The average Bonchev–Trinajstić information content (AvgIpc) is 3.13. The van der Waals surface area contributed by atoms with Gasteiger partial charge < -0.3 is 13.9 Å². The molecule has 5 heteroatoms. The van der Waals surface area contributed by atoms with Crippen LogP contribution in [-0.4, -0.2) is 30.6 Å². The fourth-order valence-corrected chi connectivity index (χ4v) is 4.41. The summed E-state index contributed by atoms with van der Waals surface area (Å²) in [7, 11) is 3.41. The second-order valence-corrected chi connectivity index (χ2v) is 6.72. The van der Waals surface area contributed by atoms with Gasteiger partial charge in [0.05, 0.1) is 14.2 Å². The van der Waals surface area contributed by atoms with Gasteiger partial charge >= 0.3 is 0 Å². The van der Waals surface area contributed by atoms with Crippen molar-refractivity contribution in [2.45, 2.75) is 25.4 Å². The van der Waals surface area contributed by atoms with Crippen LogP contribution < -0.4 is 9.47 Å². The standard InChI is InChI=1S/C20H20N2O3/c1-23-17-6-4-13-9-15-18-12(3-5-16-19(18)21-11-25-16)7-8-22(15)10-14(13)20(17)24-2/h3-6,11,15H,7-10H2,1-2H3. The maximum Gasteiger partial charge on any atom is 0.181 e. The van der Waals surface area contributed by atoms with E-state index in [1.54, 1.807) is 20.6 Å². The molecule has 2 aliphatic heterocycles. The van der Waals surface area contributed by atoms with Crippen molar-refractivity contribution >= 4 is 11.1 Å². The molecule has 1 aromatic heterocycles. The highest BCUT2D eigenvalue weighted by atomic mass is 16.5. The van der Waals surface area contributed by atoms with E-state index in [0.29, 0.717) is 6.04 Å². The SMILES string of the molecule is COc1ccc2c(c1OC)CN1CCc3ccc4ocnc4c3C1C2. The van der Waals surface area contributed by atoms with Crippen LogP contribution in [0, 0.1) is 0 Å². The third-order valence-electron chi connectivity index (χ3n) is 5.59. The fourth-order valence-electron chi connectivity index (χ4n) is 4.41. The van der Waals surface area contributed by atoms with E-state index in [-0.39, 0.29) is 0 Å². The van der Waals surface area contributed by atoms with Gasteiger partial charge in [-0.15, -0.1) is 0 Å². The molecule has 3 aromatic rings. The van der Waals surface area contributed by atoms with Gasteiger partial charge in [0, 0.05) is 30.3 Å². The molecule has 128 valence electrons. The Bertz CT molecular complexity index is 963. The summed E-state index contributed by atoms with van der Waals surface area (Å²) in [6.45, 7) is 1.91. The van der Waals surface area contributed by atoms with Gasteiger partial charge in [0.2, 0.25) is 0 Å². The molecule has 0 spiro atoms. The molecule has 25 heavy (non-hydrogen) atoms. The summed E-state index contributed by atoms with van der Waals surface area (Å²) in [5.74, 6) is 1.67. The normalized spacial score (nSPS) is 19.2. The lowest BCUT2D eigenvalue weighted by molar-refractivity contribution is 0.159. The molecule has 0 bridgehead atoms. The van der Waals surface area contributed by atoms with Crippen molar-refractivity contribution in [1.82, 2.24) is 9.88 Å². The molecule has 3 heterocycles. The van der Waals surface area contributed by atoms with E-state index in [9.17, 15) is 0 Å². The maximum absolute atomic E-state index is 5.66. The minimum absolute atomic E-state index is 0.336. The van der Waals surface area contributed by atoms with E-state index >= 15 is 0 Å². The third kappa shape index (κ3) is 2.09. The summed E-state index contributed by atoms with van der Waals surface area (Å²) in [5.41, 5.74) is 7.18. The predicted octanol–water partition coefficient (Wildman–Crippen LogP) is 3.50. The number of benzene rings is 2. The first-order chi connectivity index (χ1) is 12.3. The number of ether oxygens (including phenoxy) is 2. The Kier molecular flexibility index (Phi) is 3.25. The first-order valence-corrected chi connectivity index (χ1v) is 8.62. The highest BCUT2D eigenvalue weighted by Crippen LogP contribution is 2.45. The summed E-state index contributed by atoms with van der Waals surface area (Å²) in [5, 5.41) is 0. The van der Waals surface area contributed by atoms with E-state index in [1.165, 1.54) is 22.3 Å². The molecule has 1 unspecified atom stereocenters. The van der Waals surface area contributed by atoms with Crippen LogP contribution in [0.1, 0.15) is 28.3 Å². The number of hydrogen-bond donors (Lipinski definition) is 0. The number of oxazole rings is 1. The van der Waals surface area contributed by atoms with Crippen LogP contribution in [0.5, 0.6) is 11.5 Å². The molecule has 0 saturated carbocycles. The van der Waals surface area contributed by atoms with Crippen LogP contribution in [-0.2, 0) is 19.4 Å². The van der Waals surface area contributed by atoms with E-state index in [0.717, 1.165) is 48.5 Å². The molecular formula is C20H20N2O3. The molecule has 1 atom stereocenters. The molecule has 0 aliphatic carbocycles. The van der Waals surface area contributed by atoms with Crippen molar-refractivity contribution < 1.29 is 13.9 Å². The van der Waals surface area contributed by atoms with E-state index in [4.69, 9.17) is 13.9 Å². The first-order valence-electron chi connectivity index (χ1n) is 8.62. The van der Waals surface area contributed by atoms with Crippen molar-refractivity contribution in [2.75, 3.05) is 20.8 Å². The van der Waals surface area contributed by atoms with Crippen LogP contribution >= 0.6 is 0 Å². The molecule has 0 N–H and O–H groups in total. The summed E-state index contributed by atoms with van der Waals surface area (Å²) in [6.07, 6.45) is 3.54. The Morgan fingerprint density at radius 2 is 2.00 bits per heavy atom. The van der Waals surface area contributed by atoms with Gasteiger partial charge in [0.1, 0.15) is 5.52 Å². The van der Waals surface area contributed by atoms with Crippen LogP contribution in [0.4, 0.5) is 0 Å². The zero-order valence-electron chi connectivity index (χ0n) is 14.4. The molecule has 2 aromatic carbocycles. The minimum atomic E-state index is 0.336. The summed E-state index contributed by atoms with van der Waals surface area (Å²) in [6, 6.07) is 8.76. The van der Waals surface area contributed by atoms with Gasteiger partial charge in [-0.25, -0.2) is 4.98 Å². The summed E-state index contributed by atoms with van der Waals surface area (Å²) in [4.78, 5) is 7.03.